The van der Waals surface area contributed by atoms with Crippen molar-refractivity contribution >= 4 is 53.0 Å². The summed E-state index contributed by atoms with van der Waals surface area (Å²) in [6.45, 7) is 7.83. The highest BCUT2D eigenvalue weighted by molar-refractivity contribution is 14.0. The van der Waals surface area contributed by atoms with E-state index >= 15 is 0 Å². The molecule has 2 rings (SSSR count). The van der Waals surface area contributed by atoms with Crippen molar-refractivity contribution in [2.24, 2.45) is 4.99 Å². The van der Waals surface area contributed by atoms with Crippen LogP contribution in [0, 0.1) is 6.92 Å². The average molecular weight is 484 g/mol. The summed E-state index contributed by atoms with van der Waals surface area (Å²) in [7, 11) is 1.83. The first-order valence-corrected chi connectivity index (χ1v) is 10.1. The zero-order valence-corrected chi connectivity index (χ0v) is 18.7. The van der Waals surface area contributed by atoms with Crippen LogP contribution in [0.15, 0.2) is 11.2 Å². The molecule has 1 aromatic rings. The lowest BCUT2D eigenvalue weighted by Crippen LogP contribution is -2.48. The molecule has 1 aliphatic rings. The predicted octanol–water partition coefficient (Wildman–Crippen LogP) is 3.08. The van der Waals surface area contributed by atoms with Gasteiger partial charge in [0.2, 0.25) is 0 Å². The quantitative estimate of drug-likeness (QED) is 0.354. The number of thioether (sulfide) groups is 1. The molecule has 0 aromatic carbocycles. The summed E-state index contributed by atoms with van der Waals surface area (Å²) in [5, 5.41) is 8.07. The molecule has 2 N–H and O–H groups in total. The summed E-state index contributed by atoms with van der Waals surface area (Å²) in [4.78, 5) is 10.00. The van der Waals surface area contributed by atoms with Gasteiger partial charge in [-0.2, -0.15) is 11.8 Å². The lowest BCUT2D eigenvalue weighted by Gasteiger charge is -2.37. The maximum Gasteiger partial charge on any atom is 0.191 e. The van der Waals surface area contributed by atoms with Crippen molar-refractivity contribution in [3.63, 3.8) is 0 Å². The molecule has 0 unspecified atom stereocenters. The van der Waals surface area contributed by atoms with Gasteiger partial charge in [0.05, 0.1) is 5.01 Å². The minimum atomic E-state index is 0. The molecule has 0 amide bonds. The second-order valence-electron chi connectivity index (χ2n) is 5.70. The normalized spacial score (nSPS) is 17.2. The average Bonchev–Trinajstić information content (AvgIpc) is 2.97. The van der Waals surface area contributed by atoms with E-state index in [0.29, 0.717) is 0 Å². The van der Waals surface area contributed by atoms with E-state index in [1.807, 2.05) is 25.0 Å². The number of aromatic nitrogens is 1. The first-order chi connectivity index (χ1) is 11.2. The van der Waals surface area contributed by atoms with Crippen LogP contribution in [0.2, 0.25) is 0 Å². The SMILES string of the molecule is CCSC1(CNC(=NC)NCCc2ncc(C)s2)CCOCC1.I. The topological polar surface area (TPSA) is 58.5 Å². The van der Waals surface area contributed by atoms with Crippen molar-refractivity contribution in [1.82, 2.24) is 15.6 Å². The molecule has 1 aliphatic heterocycles. The van der Waals surface area contributed by atoms with Gasteiger partial charge < -0.3 is 15.4 Å². The number of ether oxygens (including phenoxy) is 1. The number of rotatable bonds is 7. The molecule has 1 aromatic heterocycles. The third-order valence-electron chi connectivity index (χ3n) is 3.96. The minimum Gasteiger partial charge on any atom is -0.381 e. The summed E-state index contributed by atoms with van der Waals surface area (Å²) >= 11 is 3.80. The zero-order chi connectivity index (χ0) is 16.5. The van der Waals surface area contributed by atoms with Crippen molar-refractivity contribution < 1.29 is 4.74 Å². The Morgan fingerprint density at radius 2 is 2.17 bits per heavy atom. The second kappa shape index (κ2) is 11.5. The van der Waals surface area contributed by atoms with Crippen molar-refractivity contribution in [2.75, 3.05) is 39.1 Å². The van der Waals surface area contributed by atoms with E-state index in [0.717, 1.165) is 57.3 Å². The molecule has 8 heteroatoms. The Morgan fingerprint density at radius 1 is 1.42 bits per heavy atom. The van der Waals surface area contributed by atoms with Crippen LogP contribution >= 0.6 is 47.1 Å². The van der Waals surface area contributed by atoms with E-state index < -0.39 is 0 Å². The van der Waals surface area contributed by atoms with Crippen molar-refractivity contribution in [1.29, 1.82) is 0 Å². The Labute approximate surface area is 170 Å². The van der Waals surface area contributed by atoms with Gasteiger partial charge in [-0.15, -0.1) is 35.3 Å². The molecular formula is C16H29IN4OS2. The fourth-order valence-corrected chi connectivity index (χ4v) is 4.72. The number of nitrogens with one attached hydrogen (secondary N) is 2. The summed E-state index contributed by atoms with van der Waals surface area (Å²) in [5.41, 5.74) is 0. The highest BCUT2D eigenvalue weighted by Crippen LogP contribution is 2.34. The molecule has 138 valence electrons. The molecule has 0 saturated carbocycles. The van der Waals surface area contributed by atoms with Gasteiger partial charge >= 0.3 is 0 Å². The van der Waals surface area contributed by atoms with Crippen LogP contribution < -0.4 is 10.6 Å². The van der Waals surface area contributed by atoms with Crippen LogP contribution in [0.25, 0.3) is 0 Å². The number of thiazole rings is 1. The number of guanidine groups is 1. The Balaban J connectivity index is 0.00000288. The third-order valence-corrected chi connectivity index (χ3v) is 6.38. The van der Waals surface area contributed by atoms with E-state index in [4.69, 9.17) is 4.74 Å². The molecule has 0 spiro atoms. The number of halogens is 1. The number of hydrogen-bond donors (Lipinski definition) is 2. The van der Waals surface area contributed by atoms with Crippen LogP contribution in [0.4, 0.5) is 0 Å². The van der Waals surface area contributed by atoms with Crippen LogP contribution in [0.3, 0.4) is 0 Å². The molecule has 24 heavy (non-hydrogen) atoms. The molecule has 0 bridgehead atoms. The van der Waals surface area contributed by atoms with Gasteiger partial charge in [0.25, 0.3) is 0 Å². The van der Waals surface area contributed by atoms with Crippen molar-refractivity contribution in [3.05, 3.63) is 16.1 Å². The highest BCUT2D eigenvalue weighted by Gasteiger charge is 2.32. The van der Waals surface area contributed by atoms with E-state index in [1.54, 1.807) is 11.3 Å². The first-order valence-electron chi connectivity index (χ1n) is 8.25. The fourth-order valence-electron chi connectivity index (χ4n) is 2.69. The summed E-state index contributed by atoms with van der Waals surface area (Å²) in [6.07, 6.45) is 5.08. The Bertz CT molecular complexity index is 499. The van der Waals surface area contributed by atoms with Gasteiger partial charge in [-0.25, -0.2) is 4.98 Å². The van der Waals surface area contributed by atoms with E-state index in [9.17, 15) is 0 Å². The van der Waals surface area contributed by atoms with Gasteiger partial charge in [0, 0.05) is 55.6 Å². The standard InChI is InChI=1S/C16H28N4OS2.HI/c1-4-22-16(6-9-21-10-7-16)12-20-15(17-3)18-8-5-14-19-11-13(2)23-14;/h11H,4-10,12H2,1-3H3,(H2,17,18,20);1H. The van der Waals surface area contributed by atoms with Crippen molar-refractivity contribution in [2.45, 2.75) is 37.9 Å². The largest absolute Gasteiger partial charge is 0.381 e. The second-order valence-corrected chi connectivity index (χ2v) is 8.75. The molecular weight excluding hydrogens is 455 g/mol. The lowest BCUT2D eigenvalue weighted by molar-refractivity contribution is 0.0782. The van der Waals surface area contributed by atoms with Gasteiger partial charge in [-0.1, -0.05) is 6.92 Å². The number of aliphatic imine (C=N–C) groups is 1. The highest BCUT2D eigenvalue weighted by atomic mass is 127. The van der Waals surface area contributed by atoms with Gasteiger partial charge in [0.15, 0.2) is 5.96 Å². The van der Waals surface area contributed by atoms with Crippen LogP contribution in [0.1, 0.15) is 29.7 Å². The lowest BCUT2D eigenvalue weighted by atomic mass is 9.99. The molecule has 2 heterocycles. The minimum absolute atomic E-state index is 0. The zero-order valence-electron chi connectivity index (χ0n) is 14.8. The molecule has 0 radical (unpaired) electrons. The van der Waals surface area contributed by atoms with Crippen LogP contribution in [-0.4, -0.2) is 54.8 Å². The van der Waals surface area contributed by atoms with Crippen molar-refractivity contribution in [3.8, 4) is 0 Å². The summed E-state index contributed by atoms with van der Waals surface area (Å²) in [6, 6.07) is 0. The van der Waals surface area contributed by atoms with Gasteiger partial charge in [0.1, 0.15) is 0 Å². The monoisotopic (exact) mass is 484 g/mol. The summed E-state index contributed by atoms with van der Waals surface area (Å²) in [5.74, 6) is 2.01. The van der Waals surface area contributed by atoms with Gasteiger partial charge in [-0.05, 0) is 25.5 Å². The number of aryl methyl sites for hydroxylation is 1. The van der Waals surface area contributed by atoms with Crippen LogP contribution in [-0.2, 0) is 11.2 Å². The number of hydrogen-bond acceptors (Lipinski definition) is 5. The Kier molecular flexibility index (Phi) is 10.6. The molecule has 5 nitrogen and oxygen atoms in total. The van der Waals surface area contributed by atoms with E-state index in [1.165, 1.54) is 9.88 Å². The smallest absolute Gasteiger partial charge is 0.191 e. The molecule has 1 fully saturated rings. The van der Waals surface area contributed by atoms with E-state index in [2.05, 4.69) is 34.5 Å². The molecule has 1 saturated heterocycles. The summed E-state index contributed by atoms with van der Waals surface area (Å²) < 4.78 is 5.80. The maximum absolute atomic E-state index is 5.53. The molecule has 0 atom stereocenters. The maximum atomic E-state index is 5.53. The first kappa shape index (κ1) is 22.0. The predicted molar refractivity (Wildman–Crippen MR) is 116 cm³/mol. The Hall–Kier alpha value is -0.0600. The van der Waals surface area contributed by atoms with E-state index in [-0.39, 0.29) is 28.7 Å². The number of nitrogens with zero attached hydrogens (tertiary/aromatic N) is 2. The van der Waals surface area contributed by atoms with Gasteiger partial charge in [-0.3, -0.25) is 4.99 Å². The molecule has 0 aliphatic carbocycles. The fraction of sp³-hybridized carbons (Fsp3) is 0.750. The third kappa shape index (κ3) is 7.05. The van der Waals surface area contributed by atoms with Crippen LogP contribution in [0.5, 0.6) is 0 Å². The Morgan fingerprint density at radius 3 is 2.75 bits per heavy atom.